The second-order valence-corrected chi connectivity index (χ2v) is 7.68. The Morgan fingerprint density at radius 1 is 0.458 bits per heavy atom. The van der Waals surface area contributed by atoms with Gasteiger partial charge in [-0.3, -0.25) is 57.5 Å². The summed E-state index contributed by atoms with van der Waals surface area (Å²) in [5.74, 6) is -13.5. The summed E-state index contributed by atoms with van der Waals surface area (Å²) in [6.07, 6.45) is 0. The molecule has 0 heterocycles. The molecule has 0 spiro atoms. The number of aliphatic carboxylic acids is 3. The minimum atomic E-state index is -1.60. The smallest absolute Gasteiger partial charge is 0.323 e. The van der Waals surface area contributed by atoms with E-state index in [0.29, 0.717) is 0 Å². The van der Waals surface area contributed by atoms with Gasteiger partial charge in [0.05, 0.1) is 20.0 Å². The molecule has 0 saturated heterocycles. The predicted molar refractivity (Wildman–Crippen MR) is 158 cm³/mol. The fourth-order valence-electron chi connectivity index (χ4n) is 2.24. The van der Waals surface area contributed by atoms with E-state index in [2.05, 4.69) is 31.9 Å². The molecule has 0 rings (SSSR count). The van der Waals surface area contributed by atoms with Gasteiger partial charge in [0.15, 0.2) is 35.1 Å². The minimum absolute atomic E-state index is 0.135. The van der Waals surface area contributed by atoms with Crippen LogP contribution >= 0.6 is 0 Å². The Kier molecular flexibility index (Phi) is 42.4. The summed E-state index contributed by atoms with van der Waals surface area (Å²) in [4.78, 5) is 122. The molecule has 3 unspecified atom stereocenters. The molecule has 0 saturated carbocycles. The van der Waals surface area contributed by atoms with E-state index >= 15 is 0 Å². The van der Waals surface area contributed by atoms with E-state index in [-0.39, 0.29) is 39.4 Å². The first-order chi connectivity index (χ1) is 22.2. The Labute approximate surface area is 272 Å². The summed E-state index contributed by atoms with van der Waals surface area (Å²) < 4.78 is 0. The van der Waals surface area contributed by atoms with Crippen molar-refractivity contribution in [1.29, 1.82) is 0 Å². The van der Waals surface area contributed by atoms with E-state index in [1.807, 2.05) is 0 Å². The highest BCUT2D eigenvalue weighted by Gasteiger charge is 2.31. The monoisotopic (exact) mass is 702 g/mol. The molecule has 276 valence electrons. The van der Waals surface area contributed by atoms with Crippen LogP contribution in [0.2, 0.25) is 0 Å². The molecular weight excluding hydrogens is 660 g/mol. The summed E-state index contributed by atoms with van der Waals surface area (Å²) >= 11 is 0. The number of amides is 3. The van der Waals surface area contributed by atoms with Crippen molar-refractivity contribution in [2.75, 3.05) is 41.1 Å². The van der Waals surface area contributed by atoms with Crippen LogP contribution in [-0.4, -0.2) is 144 Å². The number of carboxylic acids is 3. The second kappa shape index (κ2) is 37.3. The number of carbonyl (C=O) groups is 12. The SMILES string of the molecule is CNCNC(=O)C(C(C)=O)C(=O)O.CNCNC(=O)C(C(C)=O)C(=O)O.CNCNC(=O)C(C(C)=O)C(=O)O.O=CO.O=CO.O=CO. The predicted octanol–water partition coefficient (Wildman–Crippen LogP) is -5.19. The molecule has 0 aliphatic carbocycles. The first-order valence-electron chi connectivity index (χ1n) is 12.5. The van der Waals surface area contributed by atoms with Gasteiger partial charge in [-0.05, 0) is 41.9 Å². The number of carboxylic acid groups (broad SMARTS) is 6. The Morgan fingerprint density at radius 2 is 0.604 bits per heavy atom. The zero-order valence-corrected chi connectivity index (χ0v) is 26.7. The highest BCUT2D eigenvalue weighted by Crippen LogP contribution is 1.99. The fourth-order valence-corrected chi connectivity index (χ4v) is 2.24. The van der Waals surface area contributed by atoms with Crippen molar-refractivity contribution in [1.82, 2.24) is 31.9 Å². The van der Waals surface area contributed by atoms with Crippen LogP contribution in [-0.2, 0) is 57.5 Å². The van der Waals surface area contributed by atoms with E-state index < -0.39 is 70.7 Å². The molecule has 0 radical (unpaired) electrons. The first-order valence-corrected chi connectivity index (χ1v) is 12.5. The summed E-state index contributed by atoms with van der Waals surface area (Å²) in [6.45, 7) is 2.86. The number of rotatable bonds is 15. The van der Waals surface area contributed by atoms with Crippen molar-refractivity contribution in [2.24, 2.45) is 17.8 Å². The van der Waals surface area contributed by atoms with Crippen LogP contribution in [0, 0.1) is 17.8 Å². The maximum atomic E-state index is 11.0. The number of nitrogens with one attached hydrogen (secondary N) is 6. The van der Waals surface area contributed by atoms with Gasteiger partial charge < -0.3 is 62.5 Å². The lowest BCUT2D eigenvalue weighted by Gasteiger charge is -2.08. The molecule has 24 nitrogen and oxygen atoms in total. The Hall–Kier alpha value is -5.88. The lowest BCUT2D eigenvalue weighted by atomic mass is 10.1. The lowest BCUT2D eigenvalue weighted by molar-refractivity contribution is -0.153. The molecule has 3 atom stereocenters. The highest BCUT2D eigenvalue weighted by molar-refractivity contribution is 6.16. The number of hydrogen-bond donors (Lipinski definition) is 12. The normalized spacial score (nSPS) is 10.4. The van der Waals surface area contributed by atoms with Crippen LogP contribution in [0.5, 0.6) is 0 Å². The van der Waals surface area contributed by atoms with Crippen molar-refractivity contribution >= 4 is 72.4 Å². The summed E-state index contributed by atoms with van der Waals surface area (Å²) in [6, 6.07) is 0. The maximum Gasteiger partial charge on any atom is 0.323 e. The molecule has 0 aromatic heterocycles. The molecule has 0 aliphatic heterocycles. The molecule has 0 aromatic rings. The van der Waals surface area contributed by atoms with Crippen molar-refractivity contribution < 1.29 is 88.2 Å². The van der Waals surface area contributed by atoms with E-state index in [9.17, 15) is 43.2 Å². The zero-order chi connectivity index (χ0) is 39.4. The van der Waals surface area contributed by atoms with Crippen molar-refractivity contribution in [3.8, 4) is 0 Å². The average Bonchev–Trinajstić information content (AvgIpc) is 2.94. The van der Waals surface area contributed by atoms with Gasteiger partial charge in [0.1, 0.15) is 0 Å². The minimum Gasteiger partial charge on any atom is -0.483 e. The van der Waals surface area contributed by atoms with Gasteiger partial charge in [-0.25, -0.2) is 0 Å². The van der Waals surface area contributed by atoms with E-state index in [4.69, 9.17) is 45.0 Å². The van der Waals surface area contributed by atoms with Gasteiger partial charge in [-0.15, -0.1) is 0 Å². The summed E-state index contributed by atoms with van der Waals surface area (Å²) in [7, 11) is 4.76. The third-order valence-electron chi connectivity index (χ3n) is 4.07. The van der Waals surface area contributed by atoms with Crippen molar-refractivity contribution in [3.63, 3.8) is 0 Å². The van der Waals surface area contributed by atoms with Gasteiger partial charge in [0, 0.05) is 0 Å². The second-order valence-electron chi connectivity index (χ2n) is 7.68. The molecule has 24 heteroatoms. The molecule has 3 amide bonds. The van der Waals surface area contributed by atoms with Crippen molar-refractivity contribution in [3.05, 3.63) is 0 Å². The van der Waals surface area contributed by atoms with Crippen LogP contribution in [0.15, 0.2) is 0 Å². The van der Waals surface area contributed by atoms with E-state index in [1.54, 1.807) is 21.1 Å². The number of Topliss-reactive ketones (excluding diaryl/α,β-unsaturated/α-hetero) is 3. The number of ketones is 3. The highest BCUT2D eigenvalue weighted by atomic mass is 16.4. The van der Waals surface area contributed by atoms with Crippen LogP contribution in [0.25, 0.3) is 0 Å². The van der Waals surface area contributed by atoms with Gasteiger partial charge >= 0.3 is 17.9 Å². The quantitative estimate of drug-likeness (QED) is 0.0431. The molecule has 0 aromatic carbocycles. The average molecular weight is 703 g/mol. The Balaban J connectivity index is -0.000000122. The van der Waals surface area contributed by atoms with E-state index in [0.717, 1.165) is 20.8 Å². The fraction of sp³-hybridized carbons (Fsp3) is 0.500. The van der Waals surface area contributed by atoms with E-state index in [1.165, 1.54) is 0 Å². The molecular formula is C24H42N6O18. The molecule has 12 N–H and O–H groups in total. The summed E-state index contributed by atoms with van der Waals surface area (Å²) in [5.41, 5.74) is 0. The Bertz CT molecular complexity index is 882. The standard InChI is InChI=1S/3C7H12N2O4.3CH2O2/c3*1-4(10)5(7(12)13)6(11)9-3-8-2;3*2-1-3/h3*5,8H,3H2,1-2H3,(H,9,11)(H,12,13);3*1H,(H,2,3). The Morgan fingerprint density at radius 3 is 0.688 bits per heavy atom. The number of hydrogen-bond acceptors (Lipinski definition) is 15. The third kappa shape index (κ3) is 34.6. The molecule has 48 heavy (non-hydrogen) atoms. The largest absolute Gasteiger partial charge is 0.483 e. The summed E-state index contributed by atoms with van der Waals surface area (Å²) in [5, 5.41) is 60.7. The van der Waals surface area contributed by atoms with Crippen LogP contribution < -0.4 is 31.9 Å². The van der Waals surface area contributed by atoms with Crippen molar-refractivity contribution in [2.45, 2.75) is 20.8 Å². The van der Waals surface area contributed by atoms with Gasteiger partial charge in [0.25, 0.3) is 19.4 Å². The third-order valence-corrected chi connectivity index (χ3v) is 4.07. The lowest BCUT2D eigenvalue weighted by Crippen LogP contribution is -2.42. The van der Waals surface area contributed by atoms with Crippen LogP contribution in [0.1, 0.15) is 20.8 Å². The van der Waals surface area contributed by atoms with Gasteiger partial charge in [-0.1, -0.05) is 0 Å². The van der Waals surface area contributed by atoms with Gasteiger partial charge in [0.2, 0.25) is 17.7 Å². The maximum absolute atomic E-state index is 11.0. The van der Waals surface area contributed by atoms with Gasteiger partial charge in [-0.2, -0.15) is 0 Å². The molecule has 0 aliphatic rings. The number of carbonyl (C=O) groups excluding carboxylic acids is 6. The first kappa shape index (κ1) is 54.6. The van der Waals surface area contributed by atoms with Crippen LogP contribution in [0.4, 0.5) is 0 Å². The molecule has 0 bridgehead atoms. The zero-order valence-electron chi connectivity index (χ0n) is 26.7. The molecule has 0 fully saturated rings. The van der Waals surface area contributed by atoms with Crippen LogP contribution in [0.3, 0.4) is 0 Å². The topological polar surface area (TPSA) is 398 Å².